The molecule has 2 saturated heterocycles. The number of halogens is 3. The van der Waals surface area contributed by atoms with E-state index in [1.54, 1.807) is 18.2 Å². The van der Waals surface area contributed by atoms with Gasteiger partial charge >= 0.3 is 6.61 Å². The lowest BCUT2D eigenvalue weighted by atomic mass is 9.96. The quantitative estimate of drug-likeness (QED) is 0.383. The summed E-state index contributed by atoms with van der Waals surface area (Å²) in [5, 5.41) is 6.60. The standard InChI is InChI=1S/C17H23F2N3O2.HI/c1-2-20-17(22-13-9-12-7-8-15(13)23-12)21-10-11-5-3-4-6-14(11)24-16(18)19;/h3-6,12-13,15-16H,2,7-10H2,1H3,(H2,20,21,22);1H. The molecule has 1 aromatic rings. The highest BCUT2D eigenvalue weighted by Gasteiger charge is 2.41. The van der Waals surface area contributed by atoms with Gasteiger partial charge in [-0.05, 0) is 32.3 Å². The maximum absolute atomic E-state index is 12.5. The van der Waals surface area contributed by atoms with Crippen LogP contribution in [0.1, 0.15) is 31.7 Å². The van der Waals surface area contributed by atoms with Crippen molar-refractivity contribution in [2.75, 3.05) is 6.54 Å². The number of benzene rings is 1. The minimum atomic E-state index is -2.84. The molecular weight excluding hydrogens is 443 g/mol. The smallest absolute Gasteiger partial charge is 0.387 e. The van der Waals surface area contributed by atoms with Gasteiger partial charge in [-0.3, -0.25) is 0 Å². The number of nitrogens with one attached hydrogen (secondary N) is 2. The number of hydrogen-bond donors (Lipinski definition) is 2. The first-order valence-corrected chi connectivity index (χ1v) is 8.38. The summed E-state index contributed by atoms with van der Waals surface area (Å²) in [4.78, 5) is 4.51. The number of rotatable bonds is 6. The van der Waals surface area contributed by atoms with Crippen molar-refractivity contribution < 1.29 is 18.3 Å². The first kappa shape index (κ1) is 20.2. The summed E-state index contributed by atoms with van der Waals surface area (Å²) in [5.74, 6) is 0.834. The number of alkyl halides is 2. The van der Waals surface area contributed by atoms with Crippen molar-refractivity contribution in [3.05, 3.63) is 29.8 Å². The Kier molecular flexibility index (Phi) is 7.67. The molecule has 3 unspecified atom stereocenters. The molecule has 0 radical (unpaired) electrons. The Morgan fingerprint density at radius 1 is 1.36 bits per heavy atom. The topological polar surface area (TPSA) is 54.9 Å². The SMILES string of the molecule is CCNC(=NCc1ccccc1OC(F)F)NC1CC2CCC1O2.I. The Hall–Kier alpha value is -1.16. The molecule has 0 aliphatic carbocycles. The van der Waals surface area contributed by atoms with Crippen molar-refractivity contribution in [2.45, 2.75) is 57.6 Å². The summed E-state index contributed by atoms with van der Waals surface area (Å²) in [6.45, 7) is 0.137. The Labute approximate surface area is 163 Å². The van der Waals surface area contributed by atoms with Crippen LogP contribution in [-0.4, -0.2) is 37.4 Å². The van der Waals surface area contributed by atoms with E-state index in [1.165, 1.54) is 6.07 Å². The van der Waals surface area contributed by atoms with Crippen LogP contribution in [-0.2, 0) is 11.3 Å². The number of nitrogens with zero attached hydrogens (tertiary/aromatic N) is 1. The van der Waals surface area contributed by atoms with Crippen LogP contribution in [0, 0.1) is 0 Å². The van der Waals surface area contributed by atoms with E-state index >= 15 is 0 Å². The number of para-hydroxylation sites is 1. The first-order chi connectivity index (χ1) is 11.7. The van der Waals surface area contributed by atoms with Gasteiger partial charge in [0.1, 0.15) is 5.75 Å². The molecule has 2 aliphatic rings. The van der Waals surface area contributed by atoms with Gasteiger partial charge in [0.15, 0.2) is 5.96 Å². The lowest BCUT2D eigenvalue weighted by molar-refractivity contribution is -0.0504. The molecule has 2 bridgehead atoms. The third-order valence-electron chi connectivity index (χ3n) is 4.37. The summed E-state index contributed by atoms with van der Waals surface area (Å²) in [6, 6.07) is 6.98. The molecule has 3 atom stereocenters. The highest BCUT2D eigenvalue weighted by atomic mass is 127. The number of guanidine groups is 1. The van der Waals surface area contributed by atoms with Crippen LogP contribution < -0.4 is 15.4 Å². The molecule has 0 saturated carbocycles. The molecule has 8 heteroatoms. The van der Waals surface area contributed by atoms with E-state index in [9.17, 15) is 8.78 Å². The average molecular weight is 467 g/mol. The van der Waals surface area contributed by atoms with Gasteiger partial charge < -0.3 is 20.1 Å². The summed E-state index contributed by atoms with van der Waals surface area (Å²) in [6.07, 6.45) is 3.80. The van der Waals surface area contributed by atoms with Gasteiger partial charge in [0.25, 0.3) is 0 Å². The molecule has 2 fully saturated rings. The van der Waals surface area contributed by atoms with Gasteiger partial charge in [-0.15, -0.1) is 24.0 Å². The predicted octanol–water partition coefficient (Wildman–Crippen LogP) is 3.28. The zero-order chi connectivity index (χ0) is 16.9. The van der Waals surface area contributed by atoms with Gasteiger partial charge in [-0.2, -0.15) is 8.78 Å². The summed E-state index contributed by atoms with van der Waals surface area (Å²) >= 11 is 0. The van der Waals surface area contributed by atoms with E-state index in [2.05, 4.69) is 20.4 Å². The number of aliphatic imine (C=N–C) groups is 1. The molecule has 2 N–H and O–H groups in total. The van der Waals surface area contributed by atoms with Crippen LogP contribution in [0.15, 0.2) is 29.3 Å². The number of hydrogen-bond acceptors (Lipinski definition) is 3. The zero-order valence-corrected chi connectivity index (χ0v) is 16.4. The second kappa shape index (κ2) is 9.51. The van der Waals surface area contributed by atoms with Crippen molar-refractivity contribution in [1.29, 1.82) is 0 Å². The van der Waals surface area contributed by atoms with Gasteiger partial charge in [0, 0.05) is 12.1 Å². The lowest BCUT2D eigenvalue weighted by Gasteiger charge is -2.22. The normalized spacial score (nSPS) is 25.0. The molecule has 25 heavy (non-hydrogen) atoms. The maximum Gasteiger partial charge on any atom is 0.387 e. The molecule has 0 spiro atoms. The predicted molar refractivity (Wildman–Crippen MR) is 103 cm³/mol. The van der Waals surface area contributed by atoms with Gasteiger partial charge in [-0.1, -0.05) is 18.2 Å². The fraction of sp³-hybridized carbons (Fsp3) is 0.588. The Morgan fingerprint density at radius 3 is 2.80 bits per heavy atom. The zero-order valence-electron chi connectivity index (χ0n) is 14.1. The third-order valence-corrected chi connectivity index (χ3v) is 4.37. The highest BCUT2D eigenvalue weighted by Crippen LogP contribution is 2.34. The summed E-state index contributed by atoms with van der Waals surface area (Å²) in [5.41, 5.74) is 0.624. The molecule has 5 nitrogen and oxygen atoms in total. The van der Waals surface area contributed by atoms with Crippen molar-refractivity contribution >= 4 is 29.9 Å². The molecule has 0 aromatic heterocycles. The van der Waals surface area contributed by atoms with Gasteiger partial charge in [-0.25, -0.2) is 4.99 Å². The van der Waals surface area contributed by atoms with E-state index in [0.29, 0.717) is 17.6 Å². The molecule has 0 amide bonds. The fourth-order valence-corrected chi connectivity index (χ4v) is 3.30. The van der Waals surface area contributed by atoms with E-state index in [-0.39, 0.29) is 48.4 Å². The molecule has 3 rings (SSSR count). The lowest BCUT2D eigenvalue weighted by Crippen LogP contribution is -2.47. The van der Waals surface area contributed by atoms with Crippen LogP contribution in [0.2, 0.25) is 0 Å². The molecule has 140 valence electrons. The summed E-state index contributed by atoms with van der Waals surface area (Å²) in [7, 11) is 0. The maximum atomic E-state index is 12.5. The first-order valence-electron chi connectivity index (χ1n) is 8.38. The van der Waals surface area contributed by atoms with Crippen molar-refractivity contribution in [1.82, 2.24) is 10.6 Å². The highest BCUT2D eigenvalue weighted by molar-refractivity contribution is 14.0. The van der Waals surface area contributed by atoms with E-state index in [0.717, 1.165) is 25.8 Å². The Balaban J connectivity index is 0.00000225. The Morgan fingerprint density at radius 2 is 2.16 bits per heavy atom. The van der Waals surface area contributed by atoms with E-state index in [1.807, 2.05) is 6.92 Å². The molecule has 2 aliphatic heterocycles. The van der Waals surface area contributed by atoms with Crippen LogP contribution in [0.4, 0.5) is 8.78 Å². The second-order valence-electron chi connectivity index (χ2n) is 6.04. The average Bonchev–Trinajstić information content (AvgIpc) is 3.16. The van der Waals surface area contributed by atoms with Crippen molar-refractivity contribution in [3.8, 4) is 5.75 Å². The van der Waals surface area contributed by atoms with Crippen LogP contribution in [0.3, 0.4) is 0 Å². The monoisotopic (exact) mass is 467 g/mol. The minimum Gasteiger partial charge on any atom is -0.434 e. The van der Waals surface area contributed by atoms with Crippen LogP contribution >= 0.6 is 24.0 Å². The fourth-order valence-electron chi connectivity index (χ4n) is 3.30. The minimum absolute atomic E-state index is 0. The number of ether oxygens (including phenoxy) is 2. The van der Waals surface area contributed by atoms with Crippen molar-refractivity contribution in [2.24, 2.45) is 4.99 Å². The molecular formula is C17H24F2IN3O2. The van der Waals surface area contributed by atoms with Crippen LogP contribution in [0.25, 0.3) is 0 Å². The van der Waals surface area contributed by atoms with Gasteiger partial charge in [0.2, 0.25) is 0 Å². The van der Waals surface area contributed by atoms with E-state index in [4.69, 9.17) is 4.74 Å². The Bertz CT molecular complexity index is 589. The molecule has 2 heterocycles. The largest absolute Gasteiger partial charge is 0.434 e. The third kappa shape index (κ3) is 5.40. The molecule has 1 aromatic carbocycles. The second-order valence-corrected chi connectivity index (χ2v) is 6.04. The van der Waals surface area contributed by atoms with Crippen LogP contribution in [0.5, 0.6) is 5.75 Å². The summed E-state index contributed by atoms with van der Waals surface area (Å²) < 4.78 is 35.3. The van der Waals surface area contributed by atoms with E-state index < -0.39 is 6.61 Å². The van der Waals surface area contributed by atoms with Crippen molar-refractivity contribution in [3.63, 3.8) is 0 Å². The van der Waals surface area contributed by atoms with Gasteiger partial charge in [0.05, 0.1) is 24.8 Å². The number of fused-ring (bicyclic) bond motifs is 2.